The Morgan fingerprint density at radius 2 is 1.58 bits per heavy atom. The third-order valence-electron chi connectivity index (χ3n) is 4.82. The molecule has 26 heavy (non-hydrogen) atoms. The van der Waals surface area contributed by atoms with Gasteiger partial charge in [0, 0.05) is 0 Å². The molecule has 5 aromatic rings. The monoisotopic (exact) mass is 336 g/mol. The van der Waals surface area contributed by atoms with Crippen molar-refractivity contribution in [3.05, 3.63) is 85.2 Å². The molecule has 3 nitrogen and oxygen atoms in total. The molecule has 2 N–H and O–H groups in total. The molecule has 0 aliphatic rings. The van der Waals surface area contributed by atoms with Crippen molar-refractivity contribution in [2.75, 3.05) is 0 Å². The van der Waals surface area contributed by atoms with E-state index in [1.165, 1.54) is 16.3 Å². The van der Waals surface area contributed by atoms with Gasteiger partial charge < -0.3 is 10.1 Å². The Morgan fingerprint density at radius 1 is 0.769 bits per heavy atom. The maximum atomic E-state index is 9.64. The van der Waals surface area contributed by atoms with Gasteiger partial charge in [0.1, 0.15) is 5.75 Å². The second kappa shape index (κ2) is 5.74. The second-order valence-corrected chi connectivity index (χ2v) is 6.39. The summed E-state index contributed by atoms with van der Waals surface area (Å²) in [5.74, 6) is 0.272. The molecule has 0 saturated carbocycles. The van der Waals surface area contributed by atoms with Crippen molar-refractivity contribution in [2.24, 2.45) is 0 Å². The fourth-order valence-electron chi connectivity index (χ4n) is 3.55. The topological polar surface area (TPSA) is 48.9 Å². The van der Waals surface area contributed by atoms with Crippen LogP contribution in [0.4, 0.5) is 0 Å². The summed E-state index contributed by atoms with van der Waals surface area (Å²) in [5.41, 5.74) is 6.50. The van der Waals surface area contributed by atoms with Gasteiger partial charge in [0.2, 0.25) is 0 Å². The first-order chi connectivity index (χ1) is 12.8. The molecule has 0 fully saturated rings. The van der Waals surface area contributed by atoms with Crippen molar-refractivity contribution in [1.82, 2.24) is 9.97 Å². The lowest BCUT2D eigenvalue weighted by atomic mass is 9.89. The molecule has 0 aliphatic heterocycles. The zero-order chi connectivity index (χ0) is 17.5. The number of H-pyrrole nitrogens is 1. The zero-order valence-corrected chi connectivity index (χ0v) is 14.0. The maximum absolute atomic E-state index is 9.64. The molecule has 0 radical (unpaired) electrons. The van der Waals surface area contributed by atoms with Gasteiger partial charge in [-0.25, -0.2) is 4.98 Å². The van der Waals surface area contributed by atoms with Crippen molar-refractivity contribution >= 4 is 21.8 Å². The number of nitrogens with zero attached hydrogens (tertiary/aromatic N) is 1. The lowest BCUT2D eigenvalue weighted by molar-refractivity contribution is 0.475. The summed E-state index contributed by atoms with van der Waals surface area (Å²) in [6.45, 7) is 0. The van der Waals surface area contributed by atoms with E-state index in [1.807, 2.05) is 12.1 Å². The van der Waals surface area contributed by atoms with Crippen LogP contribution in [0.3, 0.4) is 0 Å². The van der Waals surface area contributed by atoms with Crippen molar-refractivity contribution in [3.8, 4) is 28.0 Å². The number of nitrogens with one attached hydrogen (secondary N) is 1. The first-order valence-corrected chi connectivity index (χ1v) is 8.54. The van der Waals surface area contributed by atoms with Gasteiger partial charge in [0.15, 0.2) is 0 Å². The fraction of sp³-hybridized carbons (Fsp3) is 0. The molecule has 0 unspecified atom stereocenters. The van der Waals surface area contributed by atoms with Crippen molar-refractivity contribution in [3.63, 3.8) is 0 Å². The minimum absolute atomic E-state index is 0.272. The lowest BCUT2D eigenvalue weighted by Gasteiger charge is -2.14. The van der Waals surface area contributed by atoms with E-state index >= 15 is 0 Å². The van der Waals surface area contributed by atoms with Crippen LogP contribution < -0.4 is 0 Å². The quantitative estimate of drug-likeness (QED) is 0.431. The van der Waals surface area contributed by atoms with Crippen LogP contribution in [-0.2, 0) is 0 Å². The third-order valence-corrected chi connectivity index (χ3v) is 4.82. The van der Waals surface area contributed by atoms with E-state index in [0.29, 0.717) is 0 Å². The number of benzene rings is 4. The first-order valence-electron chi connectivity index (χ1n) is 8.54. The molecule has 0 saturated heterocycles. The van der Waals surface area contributed by atoms with Crippen molar-refractivity contribution in [2.45, 2.75) is 0 Å². The molecule has 1 heterocycles. The fourth-order valence-corrected chi connectivity index (χ4v) is 3.55. The van der Waals surface area contributed by atoms with Crippen LogP contribution in [0.25, 0.3) is 44.1 Å². The number of aromatic hydroxyl groups is 1. The molecule has 0 atom stereocenters. The van der Waals surface area contributed by atoms with Gasteiger partial charge in [-0.1, -0.05) is 54.6 Å². The summed E-state index contributed by atoms with van der Waals surface area (Å²) in [6.07, 6.45) is 1.72. The van der Waals surface area contributed by atoms with E-state index < -0.39 is 0 Å². The second-order valence-electron chi connectivity index (χ2n) is 6.39. The molecular weight excluding hydrogens is 320 g/mol. The van der Waals surface area contributed by atoms with Gasteiger partial charge in [0.05, 0.1) is 17.4 Å². The Morgan fingerprint density at radius 3 is 2.46 bits per heavy atom. The normalized spacial score (nSPS) is 11.2. The smallest absolute Gasteiger partial charge is 0.115 e. The molecule has 0 aliphatic carbocycles. The highest BCUT2D eigenvalue weighted by Gasteiger charge is 2.13. The summed E-state index contributed by atoms with van der Waals surface area (Å²) >= 11 is 0. The lowest BCUT2D eigenvalue weighted by Crippen LogP contribution is -1.88. The van der Waals surface area contributed by atoms with E-state index in [-0.39, 0.29) is 5.75 Å². The van der Waals surface area contributed by atoms with Crippen LogP contribution in [0.15, 0.2) is 85.2 Å². The number of fused-ring (bicyclic) bond motifs is 2. The molecular formula is C23H16N2O. The maximum Gasteiger partial charge on any atom is 0.115 e. The molecule has 0 bridgehead atoms. The Balaban J connectivity index is 1.85. The number of imidazole rings is 1. The van der Waals surface area contributed by atoms with E-state index in [0.717, 1.165) is 27.7 Å². The predicted molar refractivity (Wildman–Crippen MR) is 106 cm³/mol. The number of aromatic nitrogens is 2. The van der Waals surface area contributed by atoms with Crippen molar-refractivity contribution < 1.29 is 5.11 Å². The van der Waals surface area contributed by atoms with Crippen LogP contribution in [-0.4, -0.2) is 15.1 Å². The van der Waals surface area contributed by atoms with E-state index in [2.05, 4.69) is 64.6 Å². The van der Waals surface area contributed by atoms with Gasteiger partial charge in [0.25, 0.3) is 0 Å². The Bertz CT molecular complexity index is 1240. The first kappa shape index (κ1) is 14.7. The van der Waals surface area contributed by atoms with Gasteiger partial charge in [-0.2, -0.15) is 0 Å². The third kappa shape index (κ3) is 2.33. The van der Waals surface area contributed by atoms with Gasteiger partial charge in [-0.15, -0.1) is 0 Å². The number of phenolic OH excluding ortho intramolecular Hbond substituents is 1. The number of aromatic amines is 1. The molecule has 5 rings (SSSR count). The molecule has 3 heteroatoms. The largest absolute Gasteiger partial charge is 0.508 e. The number of hydrogen-bond acceptors (Lipinski definition) is 2. The van der Waals surface area contributed by atoms with E-state index in [4.69, 9.17) is 0 Å². The number of phenols is 1. The minimum atomic E-state index is 0.272. The zero-order valence-electron chi connectivity index (χ0n) is 14.0. The molecule has 4 aromatic carbocycles. The highest BCUT2D eigenvalue weighted by Crippen LogP contribution is 2.39. The van der Waals surface area contributed by atoms with Crippen LogP contribution in [0, 0.1) is 0 Å². The van der Waals surface area contributed by atoms with Crippen LogP contribution in [0.5, 0.6) is 5.75 Å². The van der Waals surface area contributed by atoms with E-state index in [1.54, 1.807) is 18.5 Å². The van der Waals surface area contributed by atoms with Crippen LogP contribution in [0.1, 0.15) is 0 Å². The molecule has 0 spiro atoms. The van der Waals surface area contributed by atoms with Gasteiger partial charge in [-0.05, 0) is 57.3 Å². The summed E-state index contributed by atoms with van der Waals surface area (Å²) in [7, 11) is 0. The Kier molecular flexibility index (Phi) is 3.25. The molecule has 1 aromatic heterocycles. The SMILES string of the molecule is Oc1ccc(-c2ccc3ccccc3c2-c2ccc3[nH]cnc3c2)cc1. The predicted octanol–water partition coefficient (Wildman–Crippen LogP) is 5.76. The average Bonchev–Trinajstić information content (AvgIpc) is 3.15. The Hall–Kier alpha value is -3.59. The summed E-state index contributed by atoms with van der Waals surface area (Å²) in [4.78, 5) is 7.56. The van der Waals surface area contributed by atoms with Crippen molar-refractivity contribution in [1.29, 1.82) is 0 Å². The summed E-state index contributed by atoms with van der Waals surface area (Å²) in [5, 5.41) is 12.0. The molecule has 0 amide bonds. The summed E-state index contributed by atoms with van der Waals surface area (Å²) < 4.78 is 0. The number of rotatable bonds is 2. The van der Waals surface area contributed by atoms with Crippen LogP contribution >= 0.6 is 0 Å². The van der Waals surface area contributed by atoms with Gasteiger partial charge >= 0.3 is 0 Å². The standard InChI is InChI=1S/C23H16N2O/c26-18-9-5-16(6-10-18)20-11-7-15-3-1-2-4-19(15)23(20)17-8-12-21-22(13-17)25-14-24-21/h1-14,26H,(H,24,25). The minimum Gasteiger partial charge on any atom is -0.508 e. The van der Waals surface area contributed by atoms with Crippen LogP contribution in [0.2, 0.25) is 0 Å². The Labute approximate surface area is 150 Å². The average molecular weight is 336 g/mol. The van der Waals surface area contributed by atoms with E-state index in [9.17, 15) is 5.11 Å². The molecule has 124 valence electrons. The highest BCUT2D eigenvalue weighted by molar-refractivity contribution is 6.05. The van der Waals surface area contributed by atoms with Gasteiger partial charge in [-0.3, -0.25) is 0 Å². The highest BCUT2D eigenvalue weighted by atomic mass is 16.3. The number of hydrogen-bond donors (Lipinski definition) is 2. The summed E-state index contributed by atoms with van der Waals surface area (Å²) in [6, 6.07) is 26.4.